The molecule has 1 atom stereocenters. The third-order valence-electron chi connectivity index (χ3n) is 2.35. The lowest BCUT2D eigenvalue weighted by molar-refractivity contribution is -0.139. The Kier molecular flexibility index (Phi) is 14.5. The standard InChI is InChI=1S/C10H16O3.C4H6O2.C3H3N/c1-3-4-5-12-10(11)8(2)6-9-7-13-9;1-3(2)4(5)6;1-2-3-4/h9H,2-7H2,1H3;1H2,2H3,(H,5,6);2H,1H2. The number of hydrogen-bond donors (Lipinski definition) is 1. The summed E-state index contributed by atoms with van der Waals surface area (Å²) in [7, 11) is 0. The van der Waals surface area contributed by atoms with Crippen molar-refractivity contribution in [3.05, 3.63) is 37.0 Å². The summed E-state index contributed by atoms with van der Waals surface area (Å²) < 4.78 is 9.97. The van der Waals surface area contributed by atoms with E-state index in [2.05, 4.69) is 26.7 Å². The molecule has 0 bridgehead atoms. The maximum atomic E-state index is 11.2. The highest BCUT2D eigenvalue weighted by molar-refractivity contribution is 5.87. The lowest BCUT2D eigenvalue weighted by atomic mass is 10.2. The zero-order valence-corrected chi connectivity index (χ0v) is 13.8. The number of nitriles is 1. The van der Waals surface area contributed by atoms with E-state index < -0.39 is 5.97 Å². The van der Waals surface area contributed by atoms with Crippen LogP contribution in [0.3, 0.4) is 0 Å². The van der Waals surface area contributed by atoms with Crippen LogP contribution in [0.5, 0.6) is 0 Å². The van der Waals surface area contributed by atoms with Crippen molar-refractivity contribution in [1.29, 1.82) is 5.26 Å². The molecule has 23 heavy (non-hydrogen) atoms. The molecule has 1 aliphatic heterocycles. The van der Waals surface area contributed by atoms with E-state index in [9.17, 15) is 9.59 Å². The van der Waals surface area contributed by atoms with Crippen LogP contribution < -0.4 is 0 Å². The second kappa shape index (κ2) is 14.5. The molecule has 128 valence electrons. The third-order valence-corrected chi connectivity index (χ3v) is 2.35. The van der Waals surface area contributed by atoms with Gasteiger partial charge in [0.05, 0.1) is 25.4 Å². The highest BCUT2D eigenvalue weighted by atomic mass is 16.6. The van der Waals surface area contributed by atoms with Gasteiger partial charge in [-0.05, 0) is 13.3 Å². The van der Waals surface area contributed by atoms with E-state index in [1.54, 1.807) is 6.07 Å². The number of carbonyl (C=O) groups excluding carboxylic acids is 1. The Balaban J connectivity index is 0. The first-order valence-corrected chi connectivity index (χ1v) is 7.15. The number of epoxide rings is 1. The minimum atomic E-state index is -0.935. The summed E-state index contributed by atoms with van der Waals surface area (Å²) in [6.45, 7) is 14.7. The van der Waals surface area contributed by atoms with Gasteiger partial charge in [-0.15, -0.1) is 0 Å². The number of esters is 1. The minimum Gasteiger partial charge on any atom is -0.478 e. The Morgan fingerprint density at radius 3 is 2.26 bits per heavy atom. The lowest BCUT2D eigenvalue weighted by Gasteiger charge is -2.04. The van der Waals surface area contributed by atoms with E-state index in [-0.39, 0.29) is 17.6 Å². The molecule has 1 heterocycles. The summed E-state index contributed by atoms with van der Waals surface area (Å²) in [5.41, 5.74) is 0.702. The average Bonchev–Trinajstić information content (AvgIpc) is 3.32. The Bertz CT molecular complexity index is 446. The first kappa shape index (κ1) is 22.9. The van der Waals surface area contributed by atoms with Crippen molar-refractivity contribution in [1.82, 2.24) is 0 Å². The first-order chi connectivity index (χ1) is 10.8. The van der Waals surface area contributed by atoms with Crippen molar-refractivity contribution >= 4 is 11.9 Å². The van der Waals surface area contributed by atoms with Gasteiger partial charge in [-0.3, -0.25) is 0 Å². The number of hydrogen-bond acceptors (Lipinski definition) is 5. The van der Waals surface area contributed by atoms with Crippen LogP contribution in [0.1, 0.15) is 33.1 Å². The van der Waals surface area contributed by atoms with Crippen molar-refractivity contribution in [2.45, 2.75) is 39.2 Å². The summed E-state index contributed by atoms with van der Waals surface area (Å²) in [6.07, 6.45) is 3.96. The topological polar surface area (TPSA) is 99.9 Å². The number of carboxylic acid groups (broad SMARTS) is 1. The zero-order chi connectivity index (χ0) is 18.3. The molecule has 0 aromatic carbocycles. The van der Waals surface area contributed by atoms with Crippen LogP contribution in [0.25, 0.3) is 0 Å². The normalized spacial score (nSPS) is 13.7. The van der Waals surface area contributed by atoms with Gasteiger partial charge in [0.2, 0.25) is 0 Å². The quantitative estimate of drug-likeness (QED) is 0.254. The summed E-state index contributed by atoms with van der Waals surface area (Å²) in [6, 6.07) is 1.69. The molecular formula is C17H25NO5. The molecule has 1 fully saturated rings. The Hall–Kier alpha value is -2.39. The van der Waals surface area contributed by atoms with E-state index >= 15 is 0 Å². The van der Waals surface area contributed by atoms with Crippen LogP contribution >= 0.6 is 0 Å². The molecule has 6 nitrogen and oxygen atoms in total. The van der Waals surface area contributed by atoms with E-state index in [0.717, 1.165) is 19.4 Å². The highest BCUT2D eigenvalue weighted by Gasteiger charge is 2.25. The molecule has 1 saturated heterocycles. The van der Waals surface area contributed by atoms with Crippen molar-refractivity contribution in [2.75, 3.05) is 13.2 Å². The summed E-state index contributed by atoms with van der Waals surface area (Å²) in [5.74, 6) is -1.21. The maximum Gasteiger partial charge on any atom is 0.333 e. The van der Waals surface area contributed by atoms with Gasteiger partial charge in [-0.1, -0.05) is 33.1 Å². The van der Waals surface area contributed by atoms with Gasteiger partial charge in [0.1, 0.15) is 0 Å². The molecule has 1 rings (SSSR count). The number of ether oxygens (including phenoxy) is 2. The van der Waals surface area contributed by atoms with Crippen molar-refractivity contribution in [2.24, 2.45) is 0 Å². The number of allylic oxidation sites excluding steroid dienone is 1. The monoisotopic (exact) mass is 323 g/mol. The second-order valence-corrected chi connectivity index (χ2v) is 4.67. The highest BCUT2D eigenvalue weighted by Crippen LogP contribution is 2.18. The maximum absolute atomic E-state index is 11.2. The lowest BCUT2D eigenvalue weighted by Crippen LogP contribution is -2.09. The van der Waals surface area contributed by atoms with Crippen molar-refractivity contribution < 1.29 is 24.2 Å². The molecule has 0 aliphatic carbocycles. The van der Waals surface area contributed by atoms with Gasteiger partial charge in [-0.25, -0.2) is 9.59 Å². The number of aliphatic carboxylic acids is 1. The van der Waals surface area contributed by atoms with Crippen LogP contribution in [0.2, 0.25) is 0 Å². The Morgan fingerprint density at radius 1 is 1.48 bits per heavy atom. The fraction of sp³-hybridized carbons (Fsp3) is 0.471. The molecule has 6 heteroatoms. The number of nitrogens with zero attached hydrogens (tertiary/aromatic N) is 1. The van der Waals surface area contributed by atoms with Crippen LogP contribution in [0.4, 0.5) is 0 Å². The molecule has 0 radical (unpaired) electrons. The third kappa shape index (κ3) is 17.6. The molecule has 1 aliphatic rings. The predicted molar refractivity (Wildman–Crippen MR) is 87.6 cm³/mol. The minimum absolute atomic E-state index is 0.176. The van der Waals surface area contributed by atoms with E-state index in [1.165, 1.54) is 13.0 Å². The molecule has 0 aromatic heterocycles. The van der Waals surface area contributed by atoms with Crippen LogP contribution in [0, 0.1) is 11.3 Å². The SMILES string of the molecule is C=C(C)C(=O)O.C=C(CC1CO1)C(=O)OCCCC.C=CC#N. The van der Waals surface area contributed by atoms with E-state index in [1.807, 2.05) is 0 Å². The molecule has 1 N–H and O–H groups in total. The number of carbonyl (C=O) groups is 2. The zero-order valence-electron chi connectivity index (χ0n) is 13.8. The molecular weight excluding hydrogens is 298 g/mol. The molecule has 0 aromatic rings. The van der Waals surface area contributed by atoms with Gasteiger partial charge < -0.3 is 14.6 Å². The van der Waals surface area contributed by atoms with Gasteiger partial charge in [0.25, 0.3) is 0 Å². The average molecular weight is 323 g/mol. The number of carboxylic acids is 1. The van der Waals surface area contributed by atoms with Crippen molar-refractivity contribution in [3.63, 3.8) is 0 Å². The largest absolute Gasteiger partial charge is 0.478 e. The van der Waals surface area contributed by atoms with Crippen LogP contribution in [0.15, 0.2) is 37.0 Å². The fourth-order valence-electron chi connectivity index (χ4n) is 0.955. The molecule has 0 saturated carbocycles. The van der Waals surface area contributed by atoms with Gasteiger partial charge in [0, 0.05) is 23.6 Å². The summed E-state index contributed by atoms with van der Waals surface area (Å²) >= 11 is 0. The fourth-order valence-corrected chi connectivity index (χ4v) is 0.955. The second-order valence-electron chi connectivity index (χ2n) is 4.67. The van der Waals surface area contributed by atoms with Crippen LogP contribution in [-0.2, 0) is 19.1 Å². The van der Waals surface area contributed by atoms with E-state index in [0.29, 0.717) is 18.6 Å². The van der Waals surface area contributed by atoms with Gasteiger partial charge in [-0.2, -0.15) is 5.26 Å². The molecule has 0 amide bonds. The predicted octanol–water partition coefficient (Wildman–Crippen LogP) is 3.02. The van der Waals surface area contributed by atoms with Crippen LogP contribution in [-0.4, -0.2) is 36.4 Å². The van der Waals surface area contributed by atoms with E-state index in [4.69, 9.17) is 19.8 Å². The first-order valence-electron chi connectivity index (χ1n) is 7.15. The number of unbranched alkanes of at least 4 members (excludes halogenated alkanes) is 1. The Labute approximate surface area is 137 Å². The summed E-state index contributed by atoms with van der Waals surface area (Å²) in [4.78, 5) is 20.8. The molecule has 0 spiro atoms. The Morgan fingerprint density at radius 2 is 1.96 bits per heavy atom. The summed E-state index contributed by atoms with van der Waals surface area (Å²) in [5, 5.41) is 15.4. The number of rotatable bonds is 7. The van der Waals surface area contributed by atoms with Gasteiger partial charge >= 0.3 is 11.9 Å². The van der Waals surface area contributed by atoms with Crippen molar-refractivity contribution in [3.8, 4) is 6.07 Å². The van der Waals surface area contributed by atoms with Gasteiger partial charge in [0.15, 0.2) is 0 Å². The molecule has 1 unspecified atom stereocenters. The smallest absolute Gasteiger partial charge is 0.333 e.